The largest absolute Gasteiger partial charge is 1.00 e. The van der Waals surface area contributed by atoms with E-state index in [1.165, 1.54) is 103 Å². The molecule has 0 spiro atoms. The van der Waals surface area contributed by atoms with E-state index in [4.69, 9.17) is 0 Å². The van der Waals surface area contributed by atoms with Gasteiger partial charge in [0.25, 0.3) is 0 Å². The Labute approximate surface area is 181 Å². The van der Waals surface area contributed by atoms with Crippen molar-refractivity contribution in [3.05, 3.63) is 0 Å². The third-order valence-corrected chi connectivity index (χ3v) is 11.3. The van der Waals surface area contributed by atoms with Crippen molar-refractivity contribution in [1.29, 1.82) is 0 Å². The number of unbranched alkanes of at least 4 members (excludes halogenated alkanes) is 13. The first-order chi connectivity index (χ1) is 12.7. The van der Waals surface area contributed by atoms with Gasteiger partial charge in [0.05, 0.1) is 24.6 Å². The second-order valence-corrected chi connectivity index (χ2v) is 13.3. The van der Waals surface area contributed by atoms with Gasteiger partial charge in [0.1, 0.15) is 0 Å². The van der Waals surface area contributed by atoms with E-state index in [2.05, 4.69) is 27.7 Å². The summed E-state index contributed by atoms with van der Waals surface area (Å²) in [6.45, 7) is 9.42. The molecule has 0 amide bonds. The van der Waals surface area contributed by atoms with Crippen molar-refractivity contribution in [3.8, 4) is 0 Å². The summed E-state index contributed by atoms with van der Waals surface area (Å²) in [4.78, 5) is 0. The van der Waals surface area contributed by atoms with Crippen molar-refractivity contribution in [3.63, 3.8) is 0 Å². The average molecular weight is 421 g/mol. The van der Waals surface area contributed by atoms with E-state index in [0.29, 0.717) is 0 Å². The van der Waals surface area contributed by atoms with Gasteiger partial charge in [-0.2, -0.15) is 0 Å². The number of rotatable bonds is 21. The molecule has 0 radical (unpaired) electrons. The van der Waals surface area contributed by atoms with Crippen molar-refractivity contribution in [2.75, 3.05) is 24.6 Å². The molecule has 27 heavy (non-hydrogen) atoms. The molecule has 0 aliphatic rings. The van der Waals surface area contributed by atoms with Gasteiger partial charge in [0.2, 0.25) is 0 Å². The maximum Gasteiger partial charge on any atom is 0.0594 e. The maximum absolute atomic E-state index is 2.37. The molecule has 0 rings (SSSR count). The van der Waals surface area contributed by atoms with Crippen molar-refractivity contribution in [2.24, 2.45) is 0 Å². The van der Waals surface area contributed by atoms with Gasteiger partial charge in [-0.25, -0.2) is 0 Å². The van der Waals surface area contributed by atoms with Crippen molar-refractivity contribution >= 4 is 7.26 Å². The molecule has 0 fully saturated rings. The van der Waals surface area contributed by atoms with E-state index in [1.807, 2.05) is 0 Å². The van der Waals surface area contributed by atoms with E-state index in [9.17, 15) is 0 Å². The second-order valence-electron chi connectivity index (χ2n) is 8.83. The molecule has 0 N–H and O–H groups in total. The lowest BCUT2D eigenvalue weighted by Crippen LogP contribution is -3.00. The van der Waals surface area contributed by atoms with Gasteiger partial charge in [-0.3, -0.25) is 0 Å². The standard InChI is InChI=1S/C25H54P.ClH/c1-5-9-13-14-15-16-17-21-25-26(22-18-10-6-2,23-19-11-7-3)24-20-12-8-4;/h5-25H2,1-4H3;1H/q+1;/p-1. The SMILES string of the molecule is CCCCCCCCCC[P+](CCCCC)(CCCCC)CCCCC.[Cl-]. The van der Waals surface area contributed by atoms with Gasteiger partial charge in [-0.15, -0.1) is 0 Å². The van der Waals surface area contributed by atoms with Crippen LogP contribution in [0.15, 0.2) is 0 Å². The molecule has 0 bridgehead atoms. The minimum atomic E-state index is -0.651. The Hall–Kier alpha value is 0.720. The number of halogens is 1. The zero-order valence-corrected chi connectivity index (χ0v) is 21.3. The fourth-order valence-corrected chi connectivity index (χ4v) is 9.26. The van der Waals surface area contributed by atoms with Gasteiger partial charge >= 0.3 is 0 Å². The van der Waals surface area contributed by atoms with Crippen LogP contribution in [0.5, 0.6) is 0 Å². The summed E-state index contributed by atoms with van der Waals surface area (Å²) >= 11 is 0. The Morgan fingerprint density at radius 3 is 0.889 bits per heavy atom. The van der Waals surface area contributed by atoms with Gasteiger partial charge in [0.15, 0.2) is 0 Å². The zero-order valence-electron chi connectivity index (χ0n) is 19.7. The van der Waals surface area contributed by atoms with Crippen LogP contribution in [-0.2, 0) is 0 Å². The Morgan fingerprint density at radius 1 is 0.333 bits per heavy atom. The van der Waals surface area contributed by atoms with Crippen LogP contribution in [-0.4, -0.2) is 24.6 Å². The lowest BCUT2D eigenvalue weighted by Gasteiger charge is -2.28. The van der Waals surface area contributed by atoms with Crippen molar-refractivity contribution in [1.82, 2.24) is 0 Å². The molecule has 0 aliphatic carbocycles. The minimum absolute atomic E-state index is 0. The lowest BCUT2D eigenvalue weighted by molar-refractivity contribution is -0.00000602. The topological polar surface area (TPSA) is 0 Å². The summed E-state index contributed by atoms with van der Waals surface area (Å²) < 4.78 is 0. The summed E-state index contributed by atoms with van der Waals surface area (Å²) in [5.41, 5.74) is 0. The highest BCUT2D eigenvalue weighted by molar-refractivity contribution is 7.75. The predicted octanol–water partition coefficient (Wildman–Crippen LogP) is 6.72. The molecular formula is C25H54ClP. The van der Waals surface area contributed by atoms with E-state index in [1.54, 1.807) is 31.1 Å². The third-order valence-electron chi connectivity index (χ3n) is 6.19. The van der Waals surface area contributed by atoms with Gasteiger partial charge in [-0.1, -0.05) is 105 Å². The van der Waals surface area contributed by atoms with Crippen LogP contribution in [0, 0.1) is 0 Å². The normalized spacial score (nSPS) is 11.6. The van der Waals surface area contributed by atoms with Crippen LogP contribution in [0.3, 0.4) is 0 Å². The average Bonchev–Trinajstić information content (AvgIpc) is 2.64. The van der Waals surface area contributed by atoms with Crippen LogP contribution in [0.25, 0.3) is 0 Å². The number of hydrogen-bond donors (Lipinski definition) is 0. The molecule has 2 heteroatoms. The molecule has 0 aromatic rings. The summed E-state index contributed by atoms with van der Waals surface area (Å²) in [7, 11) is -0.651. The number of hydrogen-bond acceptors (Lipinski definition) is 0. The molecule has 0 aliphatic heterocycles. The van der Waals surface area contributed by atoms with E-state index in [0.717, 1.165) is 0 Å². The first-order valence-electron chi connectivity index (χ1n) is 12.6. The quantitative estimate of drug-likeness (QED) is 0.143. The molecule has 166 valence electrons. The van der Waals surface area contributed by atoms with Gasteiger partial charge in [0, 0.05) is 7.26 Å². The molecule has 0 aromatic heterocycles. The predicted molar refractivity (Wildman–Crippen MR) is 128 cm³/mol. The summed E-state index contributed by atoms with van der Waals surface area (Å²) in [5, 5.41) is 0. The van der Waals surface area contributed by atoms with E-state index in [-0.39, 0.29) is 12.4 Å². The van der Waals surface area contributed by atoms with Crippen LogP contribution in [0.4, 0.5) is 0 Å². The fourth-order valence-electron chi connectivity index (χ4n) is 4.34. The highest BCUT2D eigenvalue weighted by Crippen LogP contribution is 2.61. The van der Waals surface area contributed by atoms with Crippen LogP contribution in [0.1, 0.15) is 137 Å². The first kappa shape index (κ1) is 29.9. The first-order valence-corrected chi connectivity index (χ1v) is 15.1. The van der Waals surface area contributed by atoms with Crippen LogP contribution >= 0.6 is 7.26 Å². The molecular weight excluding hydrogens is 367 g/mol. The molecule has 0 aromatic carbocycles. The monoisotopic (exact) mass is 420 g/mol. The smallest absolute Gasteiger partial charge is 0.0594 e. The zero-order chi connectivity index (χ0) is 19.3. The van der Waals surface area contributed by atoms with Crippen LogP contribution in [0.2, 0.25) is 0 Å². The molecule has 0 heterocycles. The Balaban J connectivity index is 0. The Kier molecular flexibility index (Phi) is 25.5. The Bertz CT molecular complexity index is 241. The second kappa shape index (κ2) is 23.0. The maximum atomic E-state index is 2.37. The summed E-state index contributed by atoms with van der Waals surface area (Å²) in [6, 6.07) is 0. The minimum Gasteiger partial charge on any atom is -1.00 e. The van der Waals surface area contributed by atoms with Gasteiger partial charge in [-0.05, 0) is 32.1 Å². The summed E-state index contributed by atoms with van der Waals surface area (Å²) in [5.74, 6) is 0. The van der Waals surface area contributed by atoms with Crippen molar-refractivity contribution < 1.29 is 12.4 Å². The highest BCUT2D eigenvalue weighted by atomic mass is 35.5. The molecule has 0 saturated heterocycles. The fraction of sp³-hybridized carbons (Fsp3) is 1.00. The lowest BCUT2D eigenvalue weighted by atomic mass is 10.1. The van der Waals surface area contributed by atoms with E-state index >= 15 is 0 Å². The Morgan fingerprint density at radius 2 is 0.556 bits per heavy atom. The van der Waals surface area contributed by atoms with Crippen molar-refractivity contribution in [2.45, 2.75) is 137 Å². The highest BCUT2D eigenvalue weighted by Gasteiger charge is 2.34. The molecule has 0 nitrogen and oxygen atoms in total. The molecule has 0 saturated carbocycles. The molecule has 0 unspecified atom stereocenters. The van der Waals surface area contributed by atoms with E-state index < -0.39 is 7.26 Å². The van der Waals surface area contributed by atoms with Gasteiger partial charge < -0.3 is 12.4 Å². The summed E-state index contributed by atoms with van der Waals surface area (Å²) in [6.07, 6.45) is 31.5. The van der Waals surface area contributed by atoms with Crippen LogP contribution < -0.4 is 12.4 Å². The molecule has 0 atom stereocenters. The third kappa shape index (κ3) is 18.5.